The molecule has 4 aromatic rings. The summed E-state index contributed by atoms with van der Waals surface area (Å²) in [5.41, 5.74) is 10.5. The van der Waals surface area contributed by atoms with Gasteiger partial charge < -0.3 is 10.2 Å². The molecule has 2 saturated heterocycles. The van der Waals surface area contributed by atoms with E-state index in [0.29, 0.717) is 24.2 Å². The summed E-state index contributed by atoms with van der Waals surface area (Å²) in [6, 6.07) is 12.8. The van der Waals surface area contributed by atoms with Gasteiger partial charge in [0.25, 0.3) is 0 Å². The summed E-state index contributed by atoms with van der Waals surface area (Å²) in [6.07, 6.45) is 12.8. The Labute approximate surface area is 358 Å². The Morgan fingerprint density at radius 3 is 1.58 bits per heavy atom. The number of hydrogen-bond donors (Lipinski definition) is 1. The van der Waals surface area contributed by atoms with E-state index >= 15 is 0 Å². The zero-order valence-corrected chi connectivity index (χ0v) is 37.0. The Balaban J connectivity index is 0.000000180. The molecule has 4 aliphatic rings. The van der Waals surface area contributed by atoms with Crippen LogP contribution in [0.2, 0.25) is 10.0 Å². The number of aryl methyl sites for hydroxylation is 4. The highest BCUT2D eigenvalue weighted by Crippen LogP contribution is 2.47. The third-order valence-electron chi connectivity index (χ3n) is 11.4. The van der Waals surface area contributed by atoms with Crippen LogP contribution in [0.15, 0.2) is 66.7 Å². The molecule has 0 radical (unpaired) electrons. The fourth-order valence-corrected chi connectivity index (χ4v) is 11.9. The van der Waals surface area contributed by atoms with E-state index in [0.717, 1.165) is 92.6 Å². The average molecular weight is 1010 g/mol. The largest absolute Gasteiger partial charge is 0.343 e. The molecule has 2 aliphatic carbocycles. The van der Waals surface area contributed by atoms with E-state index in [1.165, 1.54) is 57.6 Å². The maximum absolute atomic E-state index is 12.1. The fourth-order valence-electron chi connectivity index (χ4n) is 8.94. The van der Waals surface area contributed by atoms with Crippen molar-refractivity contribution in [1.82, 2.24) is 20.2 Å². The third-order valence-corrected chi connectivity index (χ3v) is 14.0. The number of likely N-dealkylation sites (tertiary alicyclic amines) is 1. The van der Waals surface area contributed by atoms with Crippen molar-refractivity contribution in [2.45, 2.75) is 84.0 Å². The normalized spacial score (nSPS) is 19.9. The summed E-state index contributed by atoms with van der Waals surface area (Å²) in [5.74, 6) is 1.91. The van der Waals surface area contributed by atoms with Crippen molar-refractivity contribution in [3.05, 3.63) is 121 Å². The maximum atomic E-state index is 12.1. The predicted octanol–water partition coefficient (Wildman–Crippen LogP) is 12.3. The van der Waals surface area contributed by atoms with Gasteiger partial charge in [0.15, 0.2) is 0 Å². The second kappa shape index (κ2) is 18.3. The topological polar surface area (TPSA) is 58.1 Å². The predicted molar refractivity (Wildman–Crippen MR) is 233 cm³/mol. The van der Waals surface area contributed by atoms with Gasteiger partial charge in [-0.05, 0) is 178 Å². The molecule has 0 bridgehead atoms. The van der Waals surface area contributed by atoms with E-state index in [1.807, 2.05) is 36.4 Å². The molecule has 2 aromatic heterocycles. The highest BCUT2D eigenvalue weighted by molar-refractivity contribution is 9.11. The molecule has 2 fully saturated rings. The lowest BCUT2D eigenvalue weighted by Gasteiger charge is -2.37. The van der Waals surface area contributed by atoms with Crippen LogP contribution >= 0.6 is 86.9 Å². The molecular formula is C42H46Br4Cl2N4O. The molecule has 8 rings (SSSR count). The number of piperidine rings is 2. The number of aromatic nitrogens is 2. The van der Waals surface area contributed by atoms with Crippen molar-refractivity contribution in [2.75, 3.05) is 26.2 Å². The van der Waals surface area contributed by atoms with Crippen molar-refractivity contribution in [2.24, 2.45) is 11.8 Å². The number of fused-ring (bicyclic) bond motifs is 4. The van der Waals surface area contributed by atoms with Crippen molar-refractivity contribution >= 4 is 92.8 Å². The van der Waals surface area contributed by atoms with Gasteiger partial charge in [-0.15, -0.1) is 0 Å². The van der Waals surface area contributed by atoms with Crippen molar-refractivity contribution in [3.8, 4) is 0 Å². The van der Waals surface area contributed by atoms with E-state index in [-0.39, 0.29) is 19.3 Å². The monoisotopic (exact) mass is 1010 g/mol. The molecule has 0 unspecified atom stereocenters. The first-order valence-electron chi connectivity index (χ1n) is 18.3. The first kappa shape index (κ1) is 41.3. The van der Waals surface area contributed by atoms with Crippen LogP contribution in [-0.2, 0) is 30.5 Å². The van der Waals surface area contributed by atoms with E-state index in [1.54, 1.807) is 0 Å². The number of hydrogen-bond acceptors (Lipinski definition) is 4. The zero-order valence-electron chi connectivity index (χ0n) is 29.1. The highest BCUT2D eigenvalue weighted by Gasteiger charge is 2.37. The van der Waals surface area contributed by atoms with Gasteiger partial charge in [-0.3, -0.25) is 14.8 Å². The first-order valence-corrected chi connectivity index (χ1v) is 22.3. The summed E-state index contributed by atoms with van der Waals surface area (Å²) in [4.78, 5) is 23.9. The molecule has 5 nitrogen and oxygen atoms in total. The van der Waals surface area contributed by atoms with E-state index in [9.17, 15) is 4.79 Å². The minimum atomic E-state index is 0. The first-order chi connectivity index (χ1) is 25.1. The van der Waals surface area contributed by atoms with E-state index < -0.39 is 0 Å². The van der Waals surface area contributed by atoms with Gasteiger partial charge in [0.2, 0.25) is 5.91 Å². The van der Waals surface area contributed by atoms with Gasteiger partial charge in [-0.2, -0.15) is 0 Å². The van der Waals surface area contributed by atoms with Gasteiger partial charge in [0.1, 0.15) is 0 Å². The molecule has 2 aromatic carbocycles. The molecule has 0 saturated carbocycles. The lowest BCUT2D eigenvalue weighted by atomic mass is 9.76. The van der Waals surface area contributed by atoms with Crippen LogP contribution in [0, 0.1) is 11.8 Å². The second-order valence-corrected chi connectivity index (χ2v) is 18.8. The molecule has 1 N–H and O–H groups in total. The molecule has 0 spiro atoms. The van der Waals surface area contributed by atoms with Crippen LogP contribution in [0.25, 0.3) is 0 Å². The summed E-state index contributed by atoms with van der Waals surface area (Å²) < 4.78 is 4.29. The van der Waals surface area contributed by atoms with Crippen molar-refractivity contribution < 1.29 is 4.79 Å². The van der Waals surface area contributed by atoms with Gasteiger partial charge in [-0.1, -0.05) is 69.4 Å². The lowest BCUT2D eigenvalue weighted by molar-refractivity contribution is -0.132. The van der Waals surface area contributed by atoms with Crippen molar-refractivity contribution in [3.63, 3.8) is 0 Å². The van der Waals surface area contributed by atoms with Gasteiger partial charge in [0, 0.05) is 71.7 Å². The van der Waals surface area contributed by atoms with Crippen LogP contribution in [0.5, 0.6) is 0 Å². The Hall–Kier alpha value is -1.33. The number of halogens is 6. The average Bonchev–Trinajstić information content (AvgIpc) is 3.40. The van der Waals surface area contributed by atoms with Gasteiger partial charge in [-0.25, -0.2) is 0 Å². The molecular weight excluding hydrogens is 967 g/mol. The number of nitrogens with zero attached hydrogens (tertiary/aromatic N) is 3. The van der Waals surface area contributed by atoms with Crippen LogP contribution in [0.4, 0.5) is 0 Å². The van der Waals surface area contributed by atoms with Crippen LogP contribution < -0.4 is 5.32 Å². The van der Waals surface area contributed by atoms with Gasteiger partial charge in [0.05, 0.1) is 11.4 Å². The quantitative estimate of drug-likeness (QED) is 0.222. The smallest absolute Gasteiger partial charge is 0.222 e. The van der Waals surface area contributed by atoms with Crippen LogP contribution in [0.1, 0.15) is 103 Å². The maximum Gasteiger partial charge on any atom is 0.222 e. The lowest BCUT2D eigenvalue weighted by Crippen LogP contribution is -2.39. The van der Waals surface area contributed by atoms with Gasteiger partial charge >= 0.3 is 0 Å². The number of carbonyl (C=O) groups excluding carboxylic acids is 1. The Kier molecular flexibility index (Phi) is 14.3. The molecule has 282 valence electrons. The Morgan fingerprint density at radius 2 is 1.13 bits per heavy atom. The summed E-state index contributed by atoms with van der Waals surface area (Å²) in [7, 11) is 0. The number of rotatable bonds is 3. The highest BCUT2D eigenvalue weighted by atomic mass is 79.9. The molecule has 2 aliphatic heterocycles. The third kappa shape index (κ3) is 9.13. The minimum Gasteiger partial charge on any atom is -0.343 e. The molecule has 1 amide bonds. The van der Waals surface area contributed by atoms with E-state index in [4.69, 9.17) is 33.2 Å². The van der Waals surface area contributed by atoms with Crippen LogP contribution in [-0.4, -0.2) is 47.0 Å². The standard InChI is InChI=1S/C22H23Br2ClN2O.C19H19Br2ClN2.CH4/c1-2-19(28)27-7-5-13(6-8-27)21-20-14(10-17(25)11-18(20)24)3-4-15-9-16(23)12-26-22(15)21;20-14-7-13-2-1-12-8-15(22)9-16(21)17(12)18(19(13)24-10-14)11-3-5-23-6-4-11;/h9-13,21H,2-8H2,1H3;7-11,18,23H,1-6H2;1H4/t21-;18-;/m11./s1. The molecule has 2 atom stereocenters. The summed E-state index contributed by atoms with van der Waals surface area (Å²) >= 11 is 27.5. The summed E-state index contributed by atoms with van der Waals surface area (Å²) in [5, 5.41) is 5.07. The minimum absolute atomic E-state index is 0. The molecule has 4 heterocycles. The number of amides is 1. The van der Waals surface area contributed by atoms with E-state index in [2.05, 4.69) is 93.3 Å². The molecule has 11 heteroatoms. The van der Waals surface area contributed by atoms with Crippen molar-refractivity contribution in [1.29, 1.82) is 0 Å². The Morgan fingerprint density at radius 1 is 0.698 bits per heavy atom. The number of carbonyl (C=O) groups is 1. The SMILES string of the molecule is C.CCC(=O)N1CCC([C@H]2c3ncc(Br)cc3CCc3cc(Cl)cc(Br)c32)CC1.Clc1cc(Br)c2c(c1)CCc1cc(Br)cnc1[C@@H]2C1CCNCC1. The number of benzene rings is 2. The number of pyridine rings is 2. The second-order valence-electron chi connectivity index (χ2n) is 14.4. The Bertz CT molecular complexity index is 1960. The summed E-state index contributed by atoms with van der Waals surface area (Å²) in [6.45, 7) is 5.79. The zero-order chi connectivity index (χ0) is 36.5. The number of nitrogens with one attached hydrogen (secondary N) is 1. The fraction of sp³-hybridized carbons (Fsp3) is 0.452. The van der Waals surface area contributed by atoms with Crippen LogP contribution in [0.3, 0.4) is 0 Å². The molecule has 53 heavy (non-hydrogen) atoms.